The van der Waals surface area contributed by atoms with Crippen molar-refractivity contribution in [1.82, 2.24) is 4.98 Å². The maximum absolute atomic E-state index is 13.4. The highest BCUT2D eigenvalue weighted by Crippen LogP contribution is 2.35. The average Bonchev–Trinajstić information content (AvgIpc) is 2.73. The molecule has 0 amide bonds. The highest BCUT2D eigenvalue weighted by Gasteiger charge is 2.12. The molecule has 0 bridgehead atoms. The van der Waals surface area contributed by atoms with Gasteiger partial charge in [-0.15, -0.1) is 0 Å². The molecule has 0 atom stereocenters. The first kappa shape index (κ1) is 18.8. The van der Waals surface area contributed by atoms with E-state index in [0.717, 1.165) is 16.2 Å². The van der Waals surface area contributed by atoms with Gasteiger partial charge < -0.3 is 14.8 Å². The number of anilines is 2. The van der Waals surface area contributed by atoms with Gasteiger partial charge in [-0.2, -0.15) is 5.26 Å². The number of benzene rings is 3. The maximum Gasteiger partial charge on any atom is 0.161 e. The van der Waals surface area contributed by atoms with Gasteiger partial charge in [0.2, 0.25) is 0 Å². The van der Waals surface area contributed by atoms with E-state index in [0.29, 0.717) is 34.1 Å². The summed E-state index contributed by atoms with van der Waals surface area (Å²) in [6, 6.07) is 15.7. The van der Waals surface area contributed by atoms with Crippen molar-refractivity contribution in [1.29, 1.82) is 5.26 Å². The van der Waals surface area contributed by atoms with Crippen LogP contribution in [0.25, 0.3) is 21.7 Å². The number of methoxy groups -OCH3 is 2. The Morgan fingerprint density at radius 2 is 1.66 bits per heavy atom. The number of ether oxygens (including phenoxy) is 2. The van der Waals surface area contributed by atoms with E-state index in [1.54, 1.807) is 20.3 Å². The summed E-state index contributed by atoms with van der Waals surface area (Å²) in [5, 5.41) is 15.3. The molecule has 0 fully saturated rings. The maximum atomic E-state index is 13.4. The monoisotopic (exact) mass is 407 g/mol. The summed E-state index contributed by atoms with van der Waals surface area (Å²) in [6.07, 6.45) is 0. The van der Waals surface area contributed by atoms with Crippen molar-refractivity contribution in [3.8, 4) is 17.6 Å². The molecule has 0 saturated heterocycles. The highest BCUT2D eigenvalue weighted by atomic mass is 35.5. The molecular weight excluding hydrogens is 393 g/mol. The van der Waals surface area contributed by atoms with Crippen LogP contribution in [0.1, 0.15) is 5.56 Å². The van der Waals surface area contributed by atoms with Crippen LogP contribution in [-0.2, 0) is 0 Å². The van der Waals surface area contributed by atoms with Crippen LogP contribution in [0.15, 0.2) is 48.5 Å². The highest BCUT2D eigenvalue weighted by molar-refractivity contribution is 6.31. The fourth-order valence-corrected chi connectivity index (χ4v) is 3.32. The van der Waals surface area contributed by atoms with Crippen molar-refractivity contribution in [2.75, 3.05) is 19.5 Å². The number of rotatable bonds is 4. The van der Waals surface area contributed by atoms with Crippen molar-refractivity contribution in [2.24, 2.45) is 0 Å². The van der Waals surface area contributed by atoms with Crippen LogP contribution in [0.4, 0.5) is 15.9 Å². The van der Waals surface area contributed by atoms with Crippen LogP contribution in [-0.4, -0.2) is 19.2 Å². The molecule has 0 radical (unpaired) electrons. The van der Waals surface area contributed by atoms with E-state index >= 15 is 0 Å². The number of aromatic nitrogens is 1. The van der Waals surface area contributed by atoms with Crippen molar-refractivity contribution in [2.45, 2.75) is 0 Å². The summed E-state index contributed by atoms with van der Waals surface area (Å²) in [4.78, 5) is 4.60. The summed E-state index contributed by atoms with van der Waals surface area (Å²) in [7, 11) is 3.16. The van der Waals surface area contributed by atoms with Gasteiger partial charge in [0, 0.05) is 11.1 Å². The third kappa shape index (κ3) is 3.48. The largest absolute Gasteiger partial charge is 0.493 e. The lowest BCUT2D eigenvalue weighted by atomic mass is 10.0. The van der Waals surface area contributed by atoms with Crippen molar-refractivity contribution >= 4 is 44.8 Å². The molecule has 0 unspecified atom stereocenters. The zero-order valence-corrected chi connectivity index (χ0v) is 16.3. The Morgan fingerprint density at radius 1 is 0.966 bits per heavy atom. The van der Waals surface area contributed by atoms with E-state index in [-0.39, 0.29) is 5.02 Å². The molecule has 7 heteroatoms. The summed E-state index contributed by atoms with van der Waals surface area (Å²) in [5.41, 5.74) is 1.59. The number of hydrogen-bond acceptors (Lipinski definition) is 5. The quantitative estimate of drug-likeness (QED) is 0.432. The SMILES string of the molecule is COc1cc2cc3cc(C#N)c(Nc4ccc(F)c(Cl)c4)nc3cc2cc1OC. The Balaban J connectivity index is 1.86. The van der Waals surface area contributed by atoms with Gasteiger partial charge >= 0.3 is 0 Å². The normalized spacial score (nSPS) is 10.7. The predicted molar refractivity (Wildman–Crippen MR) is 112 cm³/mol. The van der Waals surface area contributed by atoms with Crippen molar-refractivity contribution in [3.05, 3.63) is 64.9 Å². The van der Waals surface area contributed by atoms with Crippen LogP contribution >= 0.6 is 11.6 Å². The Bertz CT molecular complexity index is 1300. The third-order valence-corrected chi connectivity index (χ3v) is 4.87. The van der Waals surface area contributed by atoms with Crippen LogP contribution in [0.5, 0.6) is 11.5 Å². The molecule has 5 nitrogen and oxygen atoms in total. The molecule has 0 aliphatic rings. The van der Waals surface area contributed by atoms with Crippen LogP contribution in [0.2, 0.25) is 5.02 Å². The second kappa shape index (κ2) is 7.46. The summed E-state index contributed by atoms with van der Waals surface area (Å²) >= 11 is 5.84. The van der Waals surface area contributed by atoms with Crippen LogP contribution in [0, 0.1) is 17.1 Å². The minimum absolute atomic E-state index is 0.0127. The second-order valence-electron chi connectivity index (χ2n) is 6.35. The van der Waals surface area contributed by atoms with E-state index in [4.69, 9.17) is 21.1 Å². The molecule has 0 spiro atoms. The minimum Gasteiger partial charge on any atom is -0.493 e. The number of nitrogens with one attached hydrogen (secondary N) is 1. The standard InChI is InChI=1S/C22H15ClFN3O2/c1-28-20-8-12-5-14-6-15(11-25)22(26-16-3-4-18(24)17(23)10-16)27-19(14)7-13(12)9-21(20)29-2/h3-10H,1-2H3,(H,26,27). The molecule has 3 aromatic carbocycles. The van der Waals surface area contributed by atoms with Gasteiger partial charge in [-0.1, -0.05) is 11.6 Å². The molecule has 144 valence electrons. The first-order valence-electron chi connectivity index (χ1n) is 8.65. The molecule has 1 heterocycles. The average molecular weight is 408 g/mol. The summed E-state index contributed by atoms with van der Waals surface area (Å²) < 4.78 is 24.1. The van der Waals surface area contributed by atoms with Crippen molar-refractivity contribution < 1.29 is 13.9 Å². The molecule has 1 N–H and O–H groups in total. The Kier molecular flexibility index (Phi) is 4.83. The molecule has 0 saturated carbocycles. The lowest BCUT2D eigenvalue weighted by Crippen LogP contribution is -1.98. The molecule has 4 rings (SSSR count). The van der Waals surface area contributed by atoms with E-state index in [9.17, 15) is 9.65 Å². The third-order valence-electron chi connectivity index (χ3n) is 4.58. The number of halogens is 2. The molecular formula is C22H15ClFN3O2. The fraction of sp³-hybridized carbons (Fsp3) is 0.0909. The van der Waals surface area contributed by atoms with Crippen molar-refractivity contribution in [3.63, 3.8) is 0 Å². The Morgan fingerprint density at radius 3 is 2.28 bits per heavy atom. The second-order valence-corrected chi connectivity index (χ2v) is 6.76. The number of pyridine rings is 1. The molecule has 4 aromatic rings. The van der Waals surface area contributed by atoms with Crippen LogP contribution < -0.4 is 14.8 Å². The first-order valence-corrected chi connectivity index (χ1v) is 9.03. The molecule has 29 heavy (non-hydrogen) atoms. The zero-order chi connectivity index (χ0) is 20.5. The summed E-state index contributed by atoms with van der Waals surface area (Å²) in [6.45, 7) is 0. The van der Waals surface area contributed by atoms with Gasteiger partial charge in [0.15, 0.2) is 11.5 Å². The number of fused-ring (bicyclic) bond motifs is 2. The van der Waals surface area contributed by atoms with Gasteiger partial charge in [-0.05, 0) is 59.3 Å². The minimum atomic E-state index is -0.514. The van der Waals surface area contributed by atoms with E-state index in [2.05, 4.69) is 16.4 Å². The Hall–Kier alpha value is -3.56. The number of nitriles is 1. The van der Waals surface area contributed by atoms with Gasteiger partial charge in [-0.25, -0.2) is 9.37 Å². The first-order chi connectivity index (χ1) is 14.0. The lowest BCUT2D eigenvalue weighted by Gasteiger charge is -2.12. The van der Waals surface area contributed by atoms with Gasteiger partial charge in [-0.3, -0.25) is 0 Å². The van der Waals surface area contributed by atoms with Crippen LogP contribution in [0.3, 0.4) is 0 Å². The van der Waals surface area contributed by atoms with E-state index in [1.165, 1.54) is 18.2 Å². The zero-order valence-electron chi connectivity index (χ0n) is 15.6. The van der Waals surface area contributed by atoms with Gasteiger partial charge in [0.1, 0.15) is 17.7 Å². The van der Waals surface area contributed by atoms with E-state index in [1.807, 2.05) is 24.3 Å². The molecule has 0 aliphatic heterocycles. The van der Waals surface area contributed by atoms with E-state index < -0.39 is 5.82 Å². The van der Waals surface area contributed by atoms with Gasteiger partial charge in [0.25, 0.3) is 0 Å². The lowest BCUT2D eigenvalue weighted by molar-refractivity contribution is 0.356. The fourth-order valence-electron chi connectivity index (χ4n) is 3.14. The summed E-state index contributed by atoms with van der Waals surface area (Å²) in [5.74, 6) is 1.09. The predicted octanol–water partition coefficient (Wildman–Crippen LogP) is 5.81. The smallest absolute Gasteiger partial charge is 0.161 e. The Labute approximate surface area is 171 Å². The molecule has 1 aromatic heterocycles. The number of nitrogens with zero attached hydrogens (tertiary/aromatic N) is 2. The topological polar surface area (TPSA) is 67.2 Å². The number of hydrogen-bond donors (Lipinski definition) is 1. The molecule has 0 aliphatic carbocycles. The van der Waals surface area contributed by atoms with Gasteiger partial charge in [0.05, 0.1) is 30.3 Å².